The van der Waals surface area contributed by atoms with Crippen LogP contribution in [-0.2, 0) is 19.6 Å². The summed E-state index contributed by atoms with van der Waals surface area (Å²) in [4.78, 5) is 11.2. The Kier molecular flexibility index (Phi) is 4.82. The molecule has 1 heterocycles. The first-order chi connectivity index (χ1) is 9.46. The van der Waals surface area contributed by atoms with E-state index in [-0.39, 0.29) is 0 Å². The molecule has 1 N–H and O–H groups in total. The third-order valence-electron chi connectivity index (χ3n) is 4.11. The van der Waals surface area contributed by atoms with Gasteiger partial charge in [0.05, 0.1) is 17.8 Å². The average Bonchev–Trinajstić information content (AvgIpc) is 2.90. The van der Waals surface area contributed by atoms with Crippen LogP contribution in [0.25, 0.3) is 0 Å². The van der Waals surface area contributed by atoms with Gasteiger partial charge in [-0.2, -0.15) is 4.31 Å². The van der Waals surface area contributed by atoms with E-state index in [1.54, 1.807) is 7.11 Å². The minimum Gasteiger partial charge on any atom is -0.481 e. The van der Waals surface area contributed by atoms with Crippen LogP contribution in [0.1, 0.15) is 25.7 Å². The zero-order chi connectivity index (χ0) is 14.8. The Hall–Kier alpha value is -0.920. The van der Waals surface area contributed by atoms with Crippen molar-refractivity contribution in [1.82, 2.24) is 4.31 Å². The molecule has 20 heavy (non-hydrogen) atoms. The van der Waals surface area contributed by atoms with Crippen molar-refractivity contribution in [3.63, 3.8) is 0 Å². The zero-order valence-electron chi connectivity index (χ0n) is 11.6. The molecule has 0 aromatic heterocycles. The van der Waals surface area contributed by atoms with E-state index < -0.39 is 27.2 Å². The van der Waals surface area contributed by atoms with Crippen LogP contribution in [0.3, 0.4) is 0 Å². The first-order valence-corrected chi connectivity index (χ1v) is 8.35. The lowest BCUT2D eigenvalue weighted by Crippen LogP contribution is -2.44. The second-order valence-corrected chi connectivity index (χ2v) is 7.51. The number of aliphatic carboxylic acids is 1. The molecule has 2 rings (SSSR count). The van der Waals surface area contributed by atoms with Gasteiger partial charge >= 0.3 is 5.97 Å². The van der Waals surface area contributed by atoms with E-state index in [0.29, 0.717) is 45.4 Å². The number of methoxy groups -OCH3 is 1. The summed E-state index contributed by atoms with van der Waals surface area (Å²) in [5, 5.41) is 8.38. The number of rotatable bonds is 5. The van der Waals surface area contributed by atoms with Crippen molar-refractivity contribution in [3.8, 4) is 0 Å². The zero-order valence-corrected chi connectivity index (χ0v) is 12.4. The number of sulfonamides is 1. The van der Waals surface area contributed by atoms with Gasteiger partial charge in [0.1, 0.15) is 0 Å². The van der Waals surface area contributed by atoms with Gasteiger partial charge in [-0.15, -0.1) is 0 Å². The van der Waals surface area contributed by atoms with Crippen LogP contribution in [0.5, 0.6) is 0 Å². The fourth-order valence-electron chi connectivity index (χ4n) is 3.00. The molecule has 2 atom stereocenters. The predicted octanol–water partition coefficient (Wildman–Crippen LogP) is 0.848. The molecule has 0 amide bonds. The van der Waals surface area contributed by atoms with E-state index in [4.69, 9.17) is 9.84 Å². The number of nitrogens with zero attached hydrogens (tertiary/aromatic N) is 1. The smallest absolute Gasteiger partial charge is 0.307 e. The number of carboxylic acids is 1. The Bertz CT molecular complexity index is 499. The molecule has 2 unspecified atom stereocenters. The predicted molar refractivity (Wildman–Crippen MR) is 73.8 cm³/mol. The quantitative estimate of drug-likeness (QED) is 0.761. The minimum atomic E-state index is -3.53. The number of carbonyl (C=O) groups is 1. The Labute approximate surface area is 119 Å². The molecular weight excluding hydrogens is 282 g/mol. The van der Waals surface area contributed by atoms with Crippen LogP contribution < -0.4 is 0 Å². The van der Waals surface area contributed by atoms with Gasteiger partial charge in [0.25, 0.3) is 0 Å². The highest BCUT2D eigenvalue weighted by Crippen LogP contribution is 2.33. The fourth-order valence-corrected chi connectivity index (χ4v) is 5.14. The summed E-state index contributed by atoms with van der Waals surface area (Å²) in [5.74, 6) is -1.76. The normalized spacial score (nSPS) is 28.4. The van der Waals surface area contributed by atoms with Crippen molar-refractivity contribution < 1.29 is 23.1 Å². The van der Waals surface area contributed by atoms with Crippen LogP contribution >= 0.6 is 0 Å². The summed E-state index contributed by atoms with van der Waals surface area (Å²) in [6.07, 6.45) is 4.09. The lowest BCUT2D eigenvalue weighted by Gasteiger charge is -2.29. The molecule has 0 bridgehead atoms. The second kappa shape index (κ2) is 6.24. The number of hydrogen-bond acceptors (Lipinski definition) is 4. The van der Waals surface area contributed by atoms with E-state index >= 15 is 0 Å². The number of carboxylic acid groups (broad SMARTS) is 1. The Balaban J connectivity index is 2.10. The van der Waals surface area contributed by atoms with E-state index in [1.165, 1.54) is 4.31 Å². The highest BCUT2D eigenvalue weighted by atomic mass is 32.2. The molecule has 1 saturated carbocycles. The van der Waals surface area contributed by atoms with Crippen LogP contribution in [0.15, 0.2) is 11.6 Å². The van der Waals surface area contributed by atoms with Crippen molar-refractivity contribution >= 4 is 16.0 Å². The monoisotopic (exact) mass is 303 g/mol. The molecule has 2 aliphatic rings. The van der Waals surface area contributed by atoms with Crippen molar-refractivity contribution in [3.05, 3.63) is 11.6 Å². The third kappa shape index (κ3) is 3.05. The topological polar surface area (TPSA) is 83.9 Å². The molecule has 0 saturated heterocycles. The summed E-state index contributed by atoms with van der Waals surface area (Å²) in [6, 6.07) is 0. The molecule has 7 heteroatoms. The Morgan fingerprint density at radius 3 is 2.80 bits per heavy atom. The summed E-state index contributed by atoms with van der Waals surface area (Å²) >= 11 is 0. The molecule has 1 aliphatic carbocycles. The van der Waals surface area contributed by atoms with Gasteiger partial charge in [0, 0.05) is 20.2 Å². The first-order valence-electron chi connectivity index (χ1n) is 6.85. The van der Waals surface area contributed by atoms with E-state index in [0.717, 1.165) is 5.57 Å². The summed E-state index contributed by atoms with van der Waals surface area (Å²) in [5.41, 5.74) is 1.10. The summed E-state index contributed by atoms with van der Waals surface area (Å²) in [6.45, 7) is 1.26. The van der Waals surface area contributed by atoms with Crippen LogP contribution in [0.4, 0.5) is 0 Å². The maximum absolute atomic E-state index is 12.6. The third-order valence-corrected chi connectivity index (χ3v) is 6.49. The first kappa shape index (κ1) is 15.5. The van der Waals surface area contributed by atoms with E-state index in [1.807, 2.05) is 6.08 Å². The molecule has 1 fully saturated rings. The van der Waals surface area contributed by atoms with E-state index in [9.17, 15) is 13.2 Å². The van der Waals surface area contributed by atoms with Gasteiger partial charge in [-0.1, -0.05) is 12.5 Å². The van der Waals surface area contributed by atoms with Crippen LogP contribution in [0.2, 0.25) is 0 Å². The van der Waals surface area contributed by atoms with Gasteiger partial charge in [0.15, 0.2) is 0 Å². The molecule has 0 aromatic rings. The van der Waals surface area contributed by atoms with Gasteiger partial charge in [-0.25, -0.2) is 8.42 Å². The number of hydrogen-bond donors (Lipinski definition) is 1. The van der Waals surface area contributed by atoms with Crippen molar-refractivity contribution in [2.75, 3.05) is 26.8 Å². The van der Waals surface area contributed by atoms with Gasteiger partial charge < -0.3 is 9.84 Å². The van der Waals surface area contributed by atoms with Gasteiger partial charge in [-0.3, -0.25) is 4.79 Å². The fraction of sp³-hybridized carbons (Fsp3) is 0.769. The average molecular weight is 303 g/mol. The molecule has 0 aromatic carbocycles. The molecular formula is C13H21NO5S. The molecule has 0 radical (unpaired) electrons. The van der Waals surface area contributed by atoms with Crippen LogP contribution in [0, 0.1) is 5.92 Å². The highest BCUT2D eigenvalue weighted by Gasteiger charge is 2.44. The SMILES string of the molecule is COCC1=CCN(S(=O)(=O)C2CCCC2C(=O)O)CC1. The van der Waals surface area contributed by atoms with Gasteiger partial charge in [0.2, 0.25) is 10.0 Å². The van der Waals surface area contributed by atoms with Gasteiger partial charge in [-0.05, 0) is 24.8 Å². The van der Waals surface area contributed by atoms with Crippen molar-refractivity contribution in [2.45, 2.75) is 30.9 Å². The Morgan fingerprint density at radius 2 is 2.25 bits per heavy atom. The van der Waals surface area contributed by atoms with E-state index in [2.05, 4.69) is 0 Å². The summed E-state index contributed by atoms with van der Waals surface area (Å²) < 4.78 is 31.6. The molecule has 1 aliphatic heterocycles. The highest BCUT2D eigenvalue weighted by molar-refractivity contribution is 7.89. The molecule has 6 nitrogen and oxygen atoms in total. The maximum Gasteiger partial charge on any atom is 0.307 e. The number of ether oxygens (including phenoxy) is 1. The lowest BCUT2D eigenvalue weighted by atomic mass is 10.1. The largest absolute Gasteiger partial charge is 0.481 e. The molecule has 114 valence electrons. The second-order valence-electron chi connectivity index (χ2n) is 5.36. The summed E-state index contributed by atoms with van der Waals surface area (Å²) in [7, 11) is -1.92. The molecule has 0 spiro atoms. The maximum atomic E-state index is 12.6. The van der Waals surface area contributed by atoms with Crippen LogP contribution in [-0.4, -0.2) is 55.9 Å². The van der Waals surface area contributed by atoms with Crippen molar-refractivity contribution in [2.24, 2.45) is 5.92 Å². The van der Waals surface area contributed by atoms with Crippen molar-refractivity contribution in [1.29, 1.82) is 0 Å². The lowest BCUT2D eigenvalue weighted by molar-refractivity contribution is -0.141. The minimum absolute atomic E-state index is 0.323. The Morgan fingerprint density at radius 1 is 1.50 bits per heavy atom. The standard InChI is InChI=1S/C13H21NO5S/c1-19-9-10-5-7-14(8-6-10)20(17,18)12-4-2-3-11(12)13(15)16/h5,11-12H,2-4,6-9H2,1H3,(H,15,16).